The second-order valence-corrected chi connectivity index (χ2v) is 9.20. The van der Waals surface area contributed by atoms with Crippen molar-refractivity contribution in [2.75, 3.05) is 51.3 Å². The third-order valence-electron chi connectivity index (χ3n) is 5.46. The van der Waals surface area contributed by atoms with E-state index in [2.05, 4.69) is 22.1 Å². The number of hydrogen-bond acceptors (Lipinski definition) is 6. The number of rotatable bonds is 13. The Kier molecular flexibility index (Phi) is 11.3. The number of amides is 2. The van der Waals surface area contributed by atoms with Gasteiger partial charge in [0.2, 0.25) is 11.8 Å². The number of thiazole rings is 1. The number of nitrogens with zero attached hydrogens (tertiary/aromatic N) is 3. The van der Waals surface area contributed by atoms with Gasteiger partial charge in [-0.25, -0.2) is 4.98 Å². The molecule has 0 saturated carbocycles. The van der Waals surface area contributed by atoms with Crippen LogP contribution < -0.4 is 5.32 Å². The Labute approximate surface area is 185 Å². The fourth-order valence-corrected chi connectivity index (χ4v) is 4.33. The van der Waals surface area contributed by atoms with Crippen LogP contribution in [-0.4, -0.2) is 72.5 Å². The SMILES string of the molecule is CCCCCCCC(=O)N(CCCN1CCOCC1)CC(=O)Nc1nc(C)c(C)s1. The van der Waals surface area contributed by atoms with Crippen molar-refractivity contribution >= 4 is 28.3 Å². The van der Waals surface area contributed by atoms with E-state index in [1.165, 1.54) is 30.6 Å². The van der Waals surface area contributed by atoms with E-state index in [0.29, 0.717) is 18.1 Å². The topological polar surface area (TPSA) is 74.8 Å². The molecule has 1 saturated heterocycles. The van der Waals surface area contributed by atoms with Crippen molar-refractivity contribution in [3.05, 3.63) is 10.6 Å². The Bertz CT molecular complexity index is 639. The molecule has 2 rings (SSSR count). The molecule has 1 N–H and O–H groups in total. The molecule has 1 aliphatic heterocycles. The number of ether oxygens (including phenoxy) is 1. The molecule has 0 aromatic carbocycles. The number of nitrogens with one attached hydrogen (secondary N) is 1. The summed E-state index contributed by atoms with van der Waals surface area (Å²) in [6, 6.07) is 0. The Morgan fingerprint density at radius 3 is 2.53 bits per heavy atom. The summed E-state index contributed by atoms with van der Waals surface area (Å²) in [5.74, 6) is -0.0930. The highest BCUT2D eigenvalue weighted by Gasteiger charge is 2.19. The highest BCUT2D eigenvalue weighted by molar-refractivity contribution is 7.15. The van der Waals surface area contributed by atoms with Gasteiger partial charge in [-0.15, -0.1) is 11.3 Å². The molecule has 170 valence electrons. The maximum absolute atomic E-state index is 12.8. The van der Waals surface area contributed by atoms with Gasteiger partial charge in [0.15, 0.2) is 5.13 Å². The molecule has 0 aliphatic carbocycles. The molecule has 7 nitrogen and oxygen atoms in total. The largest absolute Gasteiger partial charge is 0.379 e. The number of carbonyl (C=O) groups excluding carboxylic acids is 2. The first kappa shape index (κ1) is 24.8. The first-order valence-corrected chi connectivity index (χ1v) is 12.1. The smallest absolute Gasteiger partial charge is 0.245 e. The Balaban J connectivity index is 1.84. The van der Waals surface area contributed by atoms with E-state index in [4.69, 9.17) is 4.74 Å². The predicted octanol–water partition coefficient (Wildman–Crippen LogP) is 3.61. The van der Waals surface area contributed by atoms with E-state index in [1.54, 1.807) is 4.90 Å². The summed E-state index contributed by atoms with van der Waals surface area (Å²) in [6.07, 6.45) is 6.93. The molecule has 0 spiro atoms. The number of unbranched alkanes of at least 4 members (excludes halogenated alkanes) is 4. The molecule has 8 heteroatoms. The van der Waals surface area contributed by atoms with Crippen LogP contribution in [0.5, 0.6) is 0 Å². The lowest BCUT2D eigenvalue weighted by atomic mass is 10.1. The molecule has 1 aromatic heterocycles. The van der Waals surface area contributed by atoms with Gasteiger partial charge in [-0.3, -0.25) is 14.5 Å². The minimum atomic E-state index is -0.172. The van der Waals surface area contributed by atoms with E-state index in [1.807, 2.05) is 13.8 Å². The van der Waals surface area contributed by atoms with Gasteiger partial charge < -0.3 is 15.0 Å². The van der Waals surface area contributed by atoms with E-state index >= 15 is 0 Å². The summed E-state index contributed by atoms with van der Waals surface area (Å²) < 4.78 is 5.39. The molecule has 0 unspecified atom stereocenters. The van der Waals surface area contributed by atoms with Crippen LogP contribution in [0.4, 0.5) is 5.13 Å². The number of hydrogen-bond donors (Lipinski definition) is 1. The van der Waals surface area contributed by atoms with E-state index < -0.39 is 0 Å². The minimum absolute atomic E-state index is 0.0788. The zero-order chi connectivity index (χ0) is 21.8. The van der Waals surface area contributed by atoms with Gasteiger partial charge in [-0.1, -0.05) is 32.6 Å². The monoisotopic (exact) mass is 438 g/mol. The summed E-state index contributed by atoms with van der Waals surface area (Å²) in [7, 11) is 0. The highest BCUT2D eigenvalue weighted by Crippen LogP contribution is 2.21. The van der Waals surface area contributed by atoms with Crippen molar-refractivity contribution in [3.8, 4) is 0 Å². The van der Waals surface area contributed by atoms with Crippen LogP contribution in [0.25, 0.3) is 0 Å². The van der Waals surface area contributed by atoms with Crippen LogP contribution in [0.1, 0.15) is 62.4 Å². The number of morpholine rings is 1. The van der Waals surface area contributed by atoms with Gasteiger partial charge in [0.1, 0.15) is 0 Å². The average Bonchev–Trinajstić information content (AvgIpc) is 3.04. The molecule has 1 aliphatic rings. The summed E-state index contributed by atoms with van der Waals surface area (Å²) in [5, 5.41) is 3.47. The molecule has 2 heterocycles. The molecule has 30 heavy (non-hydrogen) atoms. The molecular weight excluding hydrogens is 400 g/mol. The van der Waals surface area contributed by atoms with Crippen LogP contribution in [0.3, 0.4) is 0 Å². The number of carbonyl (C=O) groups is 2. The quantitative estimate of drug-likeness (QED) is 0.476. The number of aryl methyl sites for hydroxylation is 2. The third kappa shape index (κ3) is 9.10. The molecule has 0 atom stereocenters. The molecule has 2 amide bonds. The molecule has 1 fully saturated rings. The van der Waals surface area contributed by atoms with Crippen LogP contribution >= 0.6 is 11.3 Å². The Morgan fingerprint density at radius 2 is 1.87 bits per heavy atom. The standard InChI is InChI=1S/C22H38N4O3S/c1-4-5-6-7-8-10-21(28)26(12-9-11-25-13-15-29-16-14-25)17-20(27)24-22-23-18(2)19(3)30-22/h4-17H2,1-3H3,(H,23,24,27). The second kappa shape index (κ2) is 13.7. The van der Waals surface area contributed by atoms with Gasteiger partial charge in [-0.05, 0) is 26.7 Å². The number of aromatic nitrogens is 1. The fourth-order valence-electron chi connectivity index (χ4n) is 3.50. The van der Waals surface area contributed by atoms with Crippen molar-refractivity contribution in [2.24, 2.45) is 0 Å². The molecular formula is C22H38N4O3S. The normalized spacial score (nSPS) is 14.6. The van der Waals surface area contributed by atoms with Crippen molar-refractivity contribution < 1.29 is 14.3 Å². The van der Waals surface area contributed by atoms with Gasteiger partial charge >= 0.3 is 0 Å². The van der Waals surface area contributed by atoms with Crippen molar-refractivity contribution in [1.29, 1.82) is 0 Å². The lowest BCUT2D eigenvalue weighted by molar-refractivity contribution is -0.135. The zero-order valence-electron chi connectivity index (χ0n) is 18.9. The molecule has 1 aromatic rings. The summed E-state index contributed by atoms with van der Waals surface area (Å²) >= 11 is 1.47. The first-order chi connectivity index (χ1) is 14.5. The van der Waals surface area contributed by atoms with Gasteiger partial charge in [0.05, 0.1) is 25.5 Å². The maximum atomic E-state index is 12.8. The Morgan fingerprint density at radius 1 is 1.13 bits per heavy atom. The van der Waals surface area contributed by atoms with Crippen molar-refractivity contribution in [2.45, 2.75) is 65.7 Å². The first-order valence-electron chi connectivity index (χ1n) is 11.3. The zero-order valence-corrected chi connectivity index (χ0v) is 19.7. The second-order valence-electron chi connectivity index (χ2n) is 8.00. The third-order valence-corrected chi connectivity index (χ3v) is 6.45. The highest BCUT2D eigenvalue weighted by atomic mass is 32.1. The van der Waals surface area contributed by atoms with Crippen LogP contribution in [-0.2, 0) is 14.3 Å². The van der Waals surface area contributed by atoms with Gasteiger partial charge in [-0.2, -0.15) is 0 Å². The lowest BCUT2D eigenvalue weighted by Gasteiger charge is -2.28. The molecule has 0 bridgehead atoms. The van der Waals surface area contributed by atoms with E-state index in [-0.39, 0.29) is 18.4 Å². The van der Waals surface area contributed by atoms with Crippen molar-refractivity contribution in [3.63, 3.8) is 0 Å². The summed E-state index contributed by atoms with van der Waals surface area (Å²) in [6.45, 7) is 11.2. The van der Waals surface area contributed by atoms with Crippen LogP contribution in [0, 0.1) is 13.8 Å². The number of anilines is 1. The summed E-state index contributed by atoms with van der Waals surface area (Å²) in [5.41, 5.74) is 0.931. The average molecular weight is 439 g/mol. The lowest BCUT2D eigenvalue weighted by Crippen LogP contribution is -2.41. The maximum Gasteiger partial charge on any atom is 0.245 e. The summed E-state index contributed by atoms with van der Waals surface area (Å²) in [4.78, 5) is 34.9. The van der Waals surface area contributed by atoms with Crippen LogP contribution in [0.2, 0.25) is 0 Å². The van der Waals surface area contributed by atoms with Gasteiger partial charge in [0, 0.05) is 37.5 Å². The van der Waals surface area contributed by atoms with Crippen LogP contribution in [0.15, 0.2) is 0 Å². The van der Waals surface area contributed by atoms with E-state index in [0.717, 1.165) is 62.7 Å². The Hall–Kier alpha value is -1.51. The van der Waals surface area contributed by atoms with E-state index in [9.17, 15) is 9.59 Å². The fraction of sp³-hybridized carbons (Fsp3) is 0.773. The minimum Gasteiger partial charge on any atom is -0.379 e. The van der Waals surface area contributed by atoms with Gasteiger partial charge in [0.25, 0.3) is 0 Å². The van der Waals surface area contributed by atoms with Crippen molar-refractivity contribution in [1.82, 2.24) is 14.8 Å². The predicted molar refractivity (Wildman–Crippen MR) is 122 cm³/mol. The molecule has 0 radical (unpaired) electrons.